The van der Waals surface area contributed by atoms with Gasteiger partial charge in [0.2, 0.25) is 0 Å². The highest BCUT2D eigenvalue weighted by Crippen LogP contribution is 2.40. The number of benzene rings is 3. The summed E-state index contributed by atoms with van der Waals surface area (Å²) >= 11 is 0. The van der Waals surface area contributed by atoms with Gasteiger partial charge in [-0.15, -0.1) is 0 Å². The van der Waals surface area contributed by atoms with Crippen LogP contribution in [0.1, 0.15) is 127 Å². The number of likely N-dealkylation sites (tertiary alicyclic amines) is 1. The van der Waals surface area contributed by atoms with Gasteiger partial charge in [-0.2, -0.15) is 0 Å². The summed E-state index contributed by atoms with van der Waals surface area (Å²) in [6.07, 6.45) is 12.9. The molecule has 4 rings (SSSR count). The van der Waals surface area contributed by atoms with Gasteiger partial charge in [0.25, 0.3) is 0 Å². The topological polar surface area (TPSA) is 82.2 Å². The van der Waals surface area contributed by atoms with Crippen LogP contribution in [0.5, 0.6) is 0 Å². The largest absolute Gasteiger partial charge is 0.481 e. The number of quaternary nitrogens is 1. The van der Waals surface area contributed by atoms with Crippen LogP contribution in [0.2, 0.25) is 0 Å². The molecular formula is C41H60NO4+. The molecule has 0 aromatic heterocycles. The Morgan fingerprint density at radius 3 is 1.67 bits per heavy atom. The maximum absolute atomic E-state index is 12.1. The monoisotopic (exact) mass is 630 g/mol. The van der Waals surface area contributed by atoms with Gasteiger partial charge in [-0.25, -0.2) is 0 Å². The molecule has 1 unspecified atom stereocenters. The van der Waals surface area contributed by atoms with Crippen LogP contribution in [-0.2, 0) is 15.8 Å². The van der Waals surface area contributed by atoms with E-state index in [1.54, 1.807) is 13.8 Å². The summed E-state index contributed by atoms with van der Waals surface area (Å²) in [6, 6.07) is 27.4. The minimum absolute atomic E-state index is 0.153. The second-order valence-corrected chi connectivity index (χ2v) is 13.8. The van der Waals surface area contributed by atoms with Crippen molar-refractivity contribution in [2.75, 3.05) is 19.6 Å². The number of nitrogens with one attached hydrogen (secondary N) is 1. The average molecular weight is 631 g/mol. The standard InChI is InChI=1S/C32H39NO4.C9H20/c1-31(2,30(35)36)25-17-15-24(16-18-25)29(34)14-9-21-33-22-19-28(20-23-33)32(37,26-10-5-3-6-11-26)27-12-7-4-8-13-27;1-3-5-7-9-8-6-4-2/h3-8,10-13,15-18,28-29,34,37H,9,14,19-23H2,1-2H3,(H,35,36);3-9H2,1-2H3/p+1. The molecule has 1 fully saturated rings. The van der Waals surface area contributed by atoms with Crippen molar-refractivity contribution in [3.05, 3.63) is 107 Å². The normalized spacial score (nSPS) is 17.5. The molecule has 46 heavy (non-hydrogen) atoms. The number of carboxylic acids is 1. The lowest BCUT2D eigenvalue weighted by molar-refractivity contribution is -0.906. The van der Waals surface area contributed by atoms with Crippen molar-refractivity contribution in [3.63, 3.8) is 0 Å². The first-order chi connectivity index (χ1) is 22.1. The molecule has 1 heterocycles. The summed E-state index contributed by atoms with van der Waals surface area (Å²) in [6.45, 7) is 10.9. The van der Waals surface area contributed by atoms with Crippen molar-refractivity contribution in [1.82, 2.24) is 0 Å². The Morgan fingerprint density at radius 1 is 0.739 bits per heavy atom. The highest BCUT2D eigenvalue weighted by Gasteiger charge is 2.42. The minimum atomic E-state index is -0.994. The number of aliphatic carboxylic acids is 1. The quantitative estimate of drug-likeness (QED) is 0.122. The Bertz CT molecular complexity index is 1210. The third-order valence-electron chi connectivity index (χ3n) is 9.98. The lowest BCUT2D eigenvalue weighted by Crippen LogP contribution is -3.13. The smallest absolute Gasteiger partial charge is 0.313 e. The number of rotatable bonds is 16. The average Bonchev–Trinajstić information content (AvgIpc) is 3.09. The molecule has 0 bridgehead atoms. The second-order valence-electron chi connectivity index (χ2n) is 13.8. The first kappa shape index (κ1) is 37.5. The van der Waals surface area contributed by atoms with Crippen LogP contribution in [0.15, 0.2) is 84.9 Å². The van der Waals surface area contributed by atoms with Crippen molar-refractivity contribution in [3.8, 4) is 0 Å². The zero-order valence-corrected chi connectivity index (χ0v) is 28.9. The molecule has 0 amide bonds. The summed E-state index contributed by atoms with van der Waals surface area (Å²) < 4.78 is 0. The van der Waals surface area contributed by atoms with Gasteiger partial charge >= 0.3 is 5.97 Å². The highest BCUT2D eigenvalue weighted by atomic mass is 16.4. The zero-order chi connectivity index (χ0) is 33.4. The highest BCUT2D eigenvalue weighted by molar-refractivity contribution is 5.80. The van der Waals surface area contributed by atoms with Crippen molar-refractivity contribution < 1.29 is 25.0 Å². The molecule has 5 heteroatoms. The van der Waals surface area contributed by atoms with E-state index < -0.39 is 23.1 Å². The molecule has 1 saturated heterocycles. The number of aliphatic hydroxyl groups is 2. The van der Waals surface area contributed by atoms with E-state index in [-0.39, 0.29) is 5.92 Å². The van der Waals surface area contributed by atoms with Crippen LogP contribution < -0.4 is 4.90 Å². The number of carbonyl (C=O) groups is 1. The van der Waals surface area contributed by atoms with Crippen LogP contribution in [0.25, 0.3) is 0 Å². The Morgan fingerprint density at radius 2 is 1.22 bits per heavy atom. The molecule has 0 saturated carbocycles. The molecule has 0 spiro atoms. The molecule has 5 nitrogen and oxygen atoms in total. The number of hydrogen-bond donors (Lipinski definition) is 4. The summed E-state index contributed by atoms with van der Waals surface area (Å²) in [5.74, 6) is -0.710. The lowest BCUT2D eigenvalue weighted by Gasteiger charge is -2.41. The van der Waals surface area contributed by atoms with Gasteiger partial charge in [-0.05, 0) is 48.9 Å². The van der Waals surface area contributed by atoms with Crippen LogP contribution in [0, 0.1) is 5.92 Å². The van der Waals surface area contributed by atoms with E-state index in [0.29, 0.717) is 6.42 Å². The van der Waals surface area contributed by atoms with E-state index in [0.717, 1.165) is 61.2 Å². The lowest BCUT2D eigenvalue weighted by atomic mass is 9.72. The Labute approximate surface area is 278 Å². The zero-order valence-electron chi connectivity index (χ0n) is 28.9. The molecule has 0 radical (unpaired) electrons. The Hall–Kier alpha value is -2.99. The van der Waals surface area contributed by atoms with Crippen molar-refractivity contribution >= 4 is 5.97 Å². The molecule has 0 aliphatic carbocycles. The number of hydrogen-bond acceptors (Lipinski definition) is 3. The maximum atomic E-state index is 12.1. The SMILES string of the molecule is CC(C)(C(=O)O)c1ccc(C(O)CCC[NH+]2CCC(C(O)(c3ccccc3)c3ccccc3)CC2)cc1.CCCCCCCCC. The van der Waals surface area contributed by atoms with E-state index in [1.165, 1.54) is 49.8 Å². The van der Waals surface area contributed by atoms with Gasteiger partial charge in [-0.1, -0.05) is 144 Å². The molecular weight excluding hydrogens is 570 g/mol. The first-order valence-corrected chi connectivity index (χ1v) is 17.8. The van der Waals surface area contributed by atoms with Gasteiger partial charge < -0.3 is 20.2 Å². The van der Waals surface area contributed by atoms with Gasteiger partial charge in [0.15, 0.2) is 0 Å². The Kier molecular flexibility index (Phi) is 15.5. The van der Waals surface area contributed by atoms with Crippen LogP contribution >= 0.6 is 0 Å². The molecule has 3 aromatic rings. The van der Waals surface area contributed by atoms with E-state index in [9.17, 15) is 20.1 Å². The van der Waals surface area contributed by atoms with Crippen LogP contribution in [0.4, 0.5) is 0 Å². The summed E-state index contributed by atoms with van der Waals surface area (Å²) in [5.41, 5.74) is 1.52. The van der Waals surface area contributed by atoms with E-state index in [4.69, 9.17) is 0 Å². The summed E-state index contributed by atoms with van der Waals surface area (Å²) in [4.78, 5) is 13.0. The van der Waals surface area contributed by atoms with Crippen LogP contribution in [0.3, 0.4) is 0 Å². The third-order valence-corrected chi connectivity index (χ3v) is 9.98. The fourth-order valence-electron chi connectivity index (χ4n) is 6.70. The number of carboxylic acid groups (broad SMARTS) is 1. The molecule has 4 N–H and O–H groups in total. The first-order valence-electron chi connectivity index (χ1n) is 17.8. The fourth-order valence-corrected chi connectivity index (χ4v) is 6.70. The predicted octanol–water partition coefficient (Wildman–Crippen LogP) is 7.85. The third kappa shape index (κ3) is 10.5. The molecule has 3 aromatic carbocycles. The number of aliphatic hydroxyl groups excluding tert-OH is 1. The molecule has 252 valence electrons. The second kappa shape index (κ2) is 19.0. The number of unbranched alkanes of at least 4 members (excludes halogenated alkanes) is 6. The van der Waals surface area contributed by atoms with E-state index in [1.807, 2.05) is 84.9 Å². The summed E-state index contributed by atoms with van der Waals surface area (Å²) in [7, 11) is 0. The summed E-state index contributed by atoms with van der Waals surface area (Å²) in [5, 5.41) is 32.2. The molecule has 1 aliphatic rings. The maximum Gasteiger partial charge on any atom is 0.313 e. The molecule has 1 atom stereocenters. The van der Waals surface area contributed by atoms with E-state index >= 15 is 0 Å². The minimum Gasteiger partial charge on any atom is -0.481 e. The molecule has 1 aliphatic heterocycles. The number of piperidine rings is 1. The fraction of sp³-hybridized carbons (Fsp3) is 0.537. The van der Waals surface area contributed by atoms with Crippen molar-refractivity contribution in [1.29, 1.82) is 0 Å². The van der Waals surface area contributed by atoms with Gasteiger partial charge in [-0.3, -0.25) is 4.79 Å². The van der Waals surface area contributed by atoms with Crippen molar-refractivity contribution in [2.24, 2.45) is 5.92 Å². The van der Waals surface area contributed by atoms with Crippen molar-refractivity contribution in [2.45, 2.75) is 115 Å². The van der Waals surface area contributed by atoms with Gasteiger partial charge in [0, 0.05) is 18.8 Å². The van der Waals surface area contributed by atoms with Crippen LogP contribution in [-0.4, -0.2) is 40.9 Å². The predicted molar refractivity (Wildman–Crippen MR) is 189 cm³/mol. The van der Waals surface area contributed by atoms with Gasteiger partial charge in [0.05, 0.1) is 31.2 Å². The van der Waals surface area contributed by atoms with Gasteiger partial charge in [0.1, 0.15) is 5.60 Å². The Balaban J connectivity index is 0.000000559. The van der Waals surface area contributed by atoms with E-state index in [2.05, 4.69) is 13.8 Å².